The lowest BCUT2D eigenvalue weighted by atomic mass is 9.83. The Morgan fingerprint density at radius 2 is 1.72 bits per heavy atom. The van der Waals surface area contributed by atoms with Gasteiger partial charge in [0.15, 0.2) is 0 Å². The van der Waals surface area contributed by atoms with Gasteiger partial charge in [-0.05, 0) is 106 Å². The molecule has 5 fully saturated rings. The number of fused-ring (bicyclic) bond motifs is 6. The van der Waals surface area contributed by atoms with E-state index in [2.05, 4.69) is 28.0 Å². The van der Waals surface area contributed by atoms with E-state index in [0.717, 1.165) is 98.1 Å². The molecule has 2 aromatic carbocycles. The number of para-hydroxylation sites is 1. The lowest BCUT2D eigenvalue weighted by Crippen LogP contribution is -2.59. The third kappa shape index (κ3) is 7.77. The molecule has 4 amide bonds. The molecule has 320 valence electrons. The summed E-state index contributed by atoms with van der Waals surface area (Å²) in [5, 5.41) is 7.85. The van der Waals surface area contributed by atoms with Crippen LogP contribution in [0.4, 0.5) is 4.79 Å². The Hall–Kier alpha value is -4.92. The summed E-state index contributed by atoms with van der Waals surface area (Å²) < 4.78 is 46.8. The largest absolute Gasteiger partial charge is 0.496 e. The van der Waals surface area contributed by atoms with Gasteiger partial charge in [-0.15, -0.1) is 6.58 Å². The molecule has 0 spiro atoms. The zero-order valence-corrected chi connectivity index (χ0v) is 35.0. The van der Waals surface area contributed by atoms with Gasteiger partial charge in [0, 0.05) is 28.5 Å². The van der Waals surface area contributed by atoms with Crippen molar-refractivity contribution < 1.29 is 41.8 Å². The zero-order chi connectivity index (χ0) is 41.8. The molecule has 3 N–H and O–H groups in total. The summed E-state index contributed by atoms with van der Waals surface area (Å²) in [5.74, 6) is -1.26. The number of carbonyl (C=O) groups is 4. The highest BCUT2D eigenvalue weighted by Gasteiger charge is 2.62. The summed E-state index contributed by atoms with van der Waals surface area (Å²) in [6.07, 6.45) is 10.4. The molecule has 60 heavy (non-hydrogen) atoms. The van der Waals surface area contributed by atoms with Gasteiger partial charge in [0.05, 0.1) is 24.4 Å². The molecule has 4 aliphatic carbocycles. The second kappa shape index (κ2) is 16.2. The van der Waals surface area contributed by atoms with Crippen LogP contribution in [0.2, 0.25) is 0 Å². The zero-order valence-electron chi connectivity index (χ0n) is 34.2. The maximum absolute atomic E-state index is 15.1. The van der Waals surface area contributed by atoms with Crippen LogP contribution in [0.15, 0.2) is 49.1 Å². The molecule has 3 heterocycles. The number of carbonyl (C=O) groups excluding carboxylic acids is 4. The first kappa shape index (κ1) is 40.5. The molecule has 1 aromatic heterocycles. The van der Waals surface area contributed by atoms with Crippen molar-refractivity contribution in [3.63, 3.8) is 0 Å². The van der Waals surface area contributed by atoms with Crippen LogP contribution in [0.25, 0.3) is 21.7 Å². The number of rotatable bonds is 8. The van der Waals surface area contributed by atoms with Crippen molar-refractivity contribution in [3.8, 4) is 11.6 Å². The van der Waals surface area contributed by atoms with Crippen molar-refractivity contribution in [2.75, 3.05) is 13.7 Å². The maximum Gasteiger partial charge on any atom is 0.408 e. The number of pyridine rings is 1. The lowest BCUT2D eigenvalue weighted by Gasteiger charge is -2.35. The first-order chi connectivity index (χ1) is 29.0. The topological polar surface area (TPSA) is 182 Å². The van der Waals surface area contributed by atoms with E-state index in [4.69, 9.17) is 19.2 Å². The minimum absolute atomic E-state index is 0.000716. The monoisotopic (exact) mass is 841 g/mol. The molecular formula is C45H55N5O9S. The van der Waals surface area contributed by atoms with Crippen LogP contribution < -0.4 is 24.8 Å². The van der Waals surface area contributed by atoms with Crippen LogP contribution in [-0.2, 0) is 35.6 Å². The fourth-order valence-corrected chi connectivity index (χ4v) is 11.8. The van der Waals surface area contributed by atoms with E-state index in [1.807, 2.05) is 30.3 Å². The number of alkyl carbamates (subject to hydrolysis) is 1. The van der Waals surface area contributed by atoms with Crippen LogP contribution in [-0.4, -0.2) is 90.9 Å². The van der Waals surface area contributed by atoms with Gasteiger partial charge in [-0.25, -0.2) is 18.2 Å². The number of ether oxygens (including phenoxy) is 3. The molecule has 1 saturated heterocycles. The number of benzene rings is 2. The van der Waals surface area contributed by atoms with Gasteiger partial charge >= 0.3 is 6.09 Å². The van der Waals surface area contributed by atoms with Crippen LogP contribution in [0.1, 0.15) is 95.5 Å². The molecule has 15 heteroatoms. The van der Waals surface area contributed by atoms with E-state index >= 15 is 4.79 Å². The number of nitrogens with one attached hydrogen (secondary N) is 3. The van der Waals surface area contributed by atoms with Gasteiger partial charge in [-0.2, -0.15) is 0 Å². The van der Waals surface area contributed by atoms with Crippen molar-refractivity contribution in [1.29, 1.82) is 0 Å². The summed E-state index contributed by atoms with van der Waals surface area (Å²) >= 11 is 0. The molecule has 7 atom stereocenters. The standard InChI is InChI=1S/C45H55N5O9S/c1-3-29-24-45(29,43(53)49-60(55,56)31-19-20-31)48-40(51)36-22-30-25-50(36)42(52)39(27-11-5-4-6-12-27)47-44(54)59-37-18-10-14-26(37)13-9-15-28-21-34-33(23-38(28)57-2)32-16-7-8-17-35(32)46-41(34)58-30/h3,7-8,16-17,21,23,26-27,29-31,36-37,39H,1,4-6,9-15,18-20,22,24-25H2,2H3,(H,47,54)(H,48,51)(H,49,53)/t26-,29-,30-,36+,37+,39+,45-/m1/s1. The number of amides is 4. The molecule has 3 aromatic rings. The smallest absolute Gasteiger partial charge is 0.408 e. The highest BCUT2D eigenvalue weighted by molar-refractivity contribution is 7.91. The molecule has 14 nitrogen and oxygen atoms in total. The maximum atomic E-state index is 15.1. The van der Waals surface area contributed by atoms with E-state index in [9.17, 15) is 22.8 Å². The van der Waals surface area contributed by atoms with Crippen molar-refractivity contribution in [2.24, 2.45) is 17.8 Å². The highest BCUT2D eigenvalue weighted by atomic mass is 32.2. The number of nitrogens with zero attached hydrogens (tertiary/aromatic N) is 2. The first-order valence-corrected chi connectivity index (χ1v) is 23.4. The van der Waals surface area contributed by atoms with E-state index in [-0.39, 0.29) is 37.3 Å². The number of hydrogen-bond acceptors (Lipinski definition) is 10. The Balaban J connectivity index is 1.10. The van der Waals surface area contributed by atoms with Crippen molar-refractivity contribution in [3.05, 3.63) is 54.6 Å². The van der Waals surface area contributed by atoms with E-state index < -0.39 is 68.7 Å². The van der Waals surface area contributed by atoms with Gasteiger partial charge in [0.25, 0.3) is 5.91 Å². The first-order valence-electron chi connectivity index (χ1n) is 21.8. The Kier molecular flexibility index (Phi) is 10.9. The highest BCUT2D eigenvalue weighted by Crippen LogP contribution is 2.46. The number of sulfonamides is 1. The van der Waals surface area contributed by atoms with Crippen LogP contribution in [0.3, 0.4) is 0 Å². The third-order valence-corrected chi connectivity index (χ3v) is 15.8. The Morgan fingerprint density at radius 1 is 0.950 bits per heavy atom. The summed E-state index contributed by atoms with van der Waals surface area (Å²) in [4.78, 5) is 63.8. The SMILES string of the molecule is C=C[C@@H]1C[C@]1(NC(=O)[C@@H]1C[C@@H]2CN1C(=O)[C@H](C1CCCCC1)NC(=O)O[C@H]1CCC[C@H]1CCCc1cc3c(nc4ccccc4c3cc1OC)O2)C(=O)NS(=O)(=O)C1CC1. The molecule has 6 aliphatic rings. The fourth-order valence-electron chi connectivity index (χ4n) is 10.4. The third-order valence-electron chi connectivity index (χ3n) is 14.0. The second-order valence-electron chi connectivity index (χ2n) is 17.9. The Labute approximate surface area is 350 Å². The van der Waals surface area contributed by atoms with E-state index in [0.29, 0.717) is 24.2 Å². The van der Waals surface area contributed by atoms with E-state index in [1.165, 1.54) is 11.0 Å². The minimum atomic E-state index is -3.91. The summed E-state index contributed by atoms with van der Waals surface area (Å²) in [6.45, 7) is 3.84. The number of hydrogen-bond donors (Lipinski definition) is 3. The van der Waals surface area contributed by atoms with Gasteiger partial charge < -0.3 is 29.7 Å². The normalized spacial score (nSPS) is 30.1. The number of aromatic nitrogens is 1. The summed E-state index contributed by atoms with van der Waals surface area (Å²) in [6, 6.07) is 9.83. The van der Waals surface area contributed by atoms with Crippen molar-refractivity contribution in [1.82, 2.24) is 25.2 Å². The Bertz CT molecular complexity index is 2330. The molecular weight excluding hydrogens is 787 g/mol. The van der Waals surface area contributed by atoms with Crippen molar-refractivity contribution >= 4 is 55.5 Å². The quantitative estimate of drug-likeness (QED) is 0.191. The molecule has 9 rings (SSSR count). The number of methoxy groups -OCH3 is 1. The molecule has 4 bridgehead atoms. The molecule has 0 radical (unpaired) electrons. The van der Waals surface area contributed by atoms with Crippen LogP contribution in [0.5, 0.6) is 11.6 Å². The average molecular weight is 842 g/mol. The second-order valence-corrected chi connectivity index (χ2v) is 19.8. The minimum Gasteiger partial charge on any atom is -0.496 e. The molecule has 0 unspecified atom stereocenters. The predicted octanol–water partition coefficient (Wildman–Crippen LogP) is 5.59. The summed E-state index contributed by atoms with van der Waals surface area (Å²) in [7, 11) is -2.24. The van der Waals surface area contributed by atoms with Crippen molar-refractivity contribution in [2.45, 2.75) is 131 Å². The van der Waals surface area contributed by atoms with Gasteiger partial charge in [-0.3, -0.25) is 19.1 Å². The number of aryl methyl sites for hydroxylation is 1. The lowest BCUT2D eigenvalue weighted by molar-refractivity contribution is -0.142. The Morgan fingerprint density at radius 3 is 2.47 bits per heavy atom. The predicted molar refractivity (Wildman–Crippen MR) is 224 cm³/mol. The summed E-state index contributed by atoms with van der Waals surface area (Å²) in [5.41, 5.74) is 0.155. The van der Waals surface area contributed by atoms with Crippen LogP contribution >= 0.6 is 0 Å². The average Bonchev–Trinajstić information content (AvgIpc) is 4.14. The molecule has 4 saturated carbocycles. The van der Waals surface area contributed by atoms with Gasteiger partial charge in [0.2, 0.25) is 27.7 Å². The molecule has 2 aliphatic heterocycles. The van der Waals surface area contributed by atoms with Gasteiger partial charge in [-0.1, -0.05) is 43.5 Å². The van der Waals surface area contributed by atoms with Gasteiger partial charge in [0.1, 0.15) is 35.6 Å². The van der Waals surface area contributed by atoms with E-state index in [1.54, 1.807) is 7.11 Å². The fraction of sp³-hybridized carbons (Fsp3) is 0.578. The van der Waals surface area contributed by atoms with Crippen LogP contribution in [0, 0.1) is 17.8 Å².